The van der Waals surface area contributed by atoms with Crippen molar-refractivity contribution >= 4 is 12.0 Å². The van der Waals surface area contributed by atoms with Crippen LogP contribution in [0.15, 0.2) is 30.3 Å². The van der Waals surface area contributed by atoms with Gasteiger partial charge in [0.1, 0.15) is 0 Å². The van der Waals surface area contributed by atoms with E-state index < -0.39 is 23.3 Å². The van der Waals surface area contributed by atoms with Crippen LogP contribution in [0.3, 0.4) is 0 Å². The van der Waals surface area contributed by atoms with Crippen LogP contribution in [0.2, 0.25) is 0 Å². The van der Waals surface area contributed by atoms with Gasteiger partial charge in [0.05, 0.1) is 0 Å². The van der Waals surface area contributed by atoms with Crippen molar-refractivity contribution < 1.29 is 27.9 Å². The van der Waals surface area contributed by atoms with E-state index in [0.29, 0.717) is 5.43 Å². The van der Waals surface area contributed by atoms with Crippen LogP contribution in [0.1, 0.15) is 10.4 Å². The van der Waals surface area contributed by atoms with Crippen LogP contribution in [0.25, 0.3) is 0 Å². The van der Waals surface area contributed by atoms with Gasteiger partial charge in [0.2, 0.25) is 0 Å². The number of benzene rings is 1. The number of hydrazine groups is 1. The quantitative estimate of drug-likeness (QED) is 0.618. The second kappa shape index (κ2) is 4.83. The number of hydrogen-bond donors (Lipinski definition) is 2. The third-order valence-corrected chi connectivity index (χ3v) is 1.65. The Bertz CT molecular complexity index is 419. The number of amides is 2. The van der Waals surface area contributed by atoms with Crippen molar-refractivity contribution in [3.8, 4) is 0 Å². The average molecular weight is 248 g/mol. The predicted molar refractivity (Wildman–Crippen MR) is 49.8 cm³/mol. The van der Waals surface area contributed by atoms with Crippen LogP contribution < -0.4 is 5.43 Å². The van der Waals surface area contributed by atoms with Gasteiger partial charge < -0.3 is 5.11 Å². The van der Waals surface area contributed by atoms with Crippen LogP contribution in [0.5, 0.6) is 0 Å². The molecule has 0 heterocycles. The van der Waals surface area contributed by atoms with Gasteiger partial charge in [-0.3, -0.25) is 4.79 Å². The minimum absolute atomic E-state index is 0.174. The fourth-order valence-corrected chi connectivity index (χ4v) is 1.02. The fourth-order valence-electron chi connectivity index (χ4n) is 1.02. The van der Waals surface area contributed by atoms with E-state index >= 15 is 0 Å². The Balaban J connectivity index is 2.93. The Morgan fingerprint density at radius 3 is 2.12 bits per heavy atom. The van der Waals surface area contributed by atoms with Crippen LogP contribution in [-0.4, -0.2) is 28.4 Å². The third kappa shape index (κ3) is 3.76. The first-order valence-electron chi connectivity index (χ1n) is 4.28. The van der Waals surface area contributed by atoms with Crippen molar-refractivity contribution in [2.45, 2.75) is 6.30 Å². The summed E-state index contributed by atoms with van der Waals surface area (Å²) >= 11 is 0. The van der Waals surface area contributed by atoms with Gasteiger partial charge in [0, 0.05) is 5.56 Å². The molecule has 0 spiro atoms. The normalized spacial score (nSPS) is 11.0. The minimum Gasteiger partial charge on any atom is -0.464 e. The molecule has 17 heavy (non-hydrogen) atoms. The number of hydrogen-bond acceptors (Lipinski definition) is 3. The summed E-state index contributed by atoms with van der Waals surface area (Å²) in [7, 11) is 0. The predicted octanol–water partition coefficient (Wildman–Crippen LogP) is 1.83. The second-order valence-corrected chi connectivity index (χ2v) is 2.90. The number of carbonyl (C=O) groups excluding carboxylic acids is 1. The van der Waals surface area contributed by atoms with Gasteiger partial charge in [-0.15, -0.1) is 5.43 Å². The lowest BCUT2D eigenvalue weighted by Crippen LogP contribution is -2.52. The van der Waals surface area contributed by atoms with E-state index in [0.717, 1.165) is 0 Å². The molecule has 0 unspecified atom stereocenters. The highest BCUT2D eigenvalue weighted by atomic mass is 19.4. The highest BCUT2D eigenvalue weighted by Gasteiger charge is 2.36. The van der Waals surface area contributed by atoms with E-state index in [-0.39, 0.29) is 5.56 Å². The molecule has 0 saturated carbocycles. The van der Waals surface area contributed by atoms with Crippen molar-refractivity contribution in [2.24, 2.45) is 0 Å². The van der Waals surface area contributed by atoms with E-state index in [1.54, 1.807) is 6.07 Å². The van der Waals surface area contributed by atoms with Crippen LogP contribution in [0.4, 0.5) is 18.0 Å². The summed E-state index contributed by atoms with van der Waals surface area (Å²) in [6.07, 6.45) is -7.06. The maximum atomic E-state index is 12.0. The monoisotopic (exact) mass is 248 g/mol. The Morgan fingerprint density at radius 2 is 1.71 bits per heavy atom. The SMILES string of the molecule is O=C(O)N(NC(F)(F)F)C(=O)c1ccccc1. The first-order valence-corrected chi connectivity index (χ1v) is 4.28. The van der Waals surface area contributed by atoms with Gasteiger partial charge >= 0.3 is 12.4 Å². The van der Waals surface area contributed by atoms with Gasteiger partial charge in [-0.25, -0.2) is 4.79 Å². The van der Waals surface area contributed by atoms with Crippen LogP contribution >= 0.6 is 0 Å². The lowest BCUT2D eigenvalue weighted by molar-refractivity contribution is -0.185. The molecule has 5 nitrogen and oxygen atoms in total. The molecule has 2 N–H and O–H groups in total. The summed E-state index contributed by atoms with van der Waals surface area (Å²) in [6.45, 7) is 0. The number of nitrogens with one attached hydrogen (secondary N) is 1. The summed E-state index contributed by atoms with van der Waals surface area (Å²) in [5, 5.41) is 7.99. The molecule has 0 atom stereocenters. The molecule has 0 aliphatic carbocycles. The Morgan fingerprint density at radius 1 is 1.18 bits per heavy atom. The van der Waals surface area contributed by atoms with Crippen molar-refractivity contribution in [3.05, 3.63) is 35.9 Å². The Hall–Kier alpha value is -2.09. The van der Waals surface area contributed by atoms with E-state index in [1.165, 1.54) is 24.3 Å². The summed E-state index contributed by atoms with van der Waals surface area (Å²) < 4.78 is 35.9. The number of carboxylic acid groups (broad SMARTS) is 1. The van der Waals surface area contributed by atoms with Crippen molar-refractivity contribution in [3.63, 3.8) is 0 Å². The fraction of sp³-hybridized carbons (Fsp3) is 0.111. The second-order valence-electron chi connectivity index (χ2n) is 2.90. The van der Waals surface area contributed by atoms with Gasteiger partial charge in [0.15, 0.2) is 0 Å². The number of carbonyl (C=O) groups is 2. The molecule has 0 radical (unpaired) electrons. The largest absolute Gasteiger partial charge is 0.475 e. The standard InChI is InChI=1S/C9H7F3N2O3/c10-9(11,12)13-14(8(16)17)7(15)6-4-2-1-3-5-6/h1-5,13H,(H,16,17). The first-order chi connectivity index (χ1) is 7.81. The highest BCUT2D eigenvalue weighted by Crippen LogP contribution is 2.12. The number of nitrogens with zero attached hydrogens (tertiary/aromatic N) is 1. The van der Waals surface area contributed by atoms with Crippen molar-refractivity contribution in [1.29, 1.82) is 0 Å². The molecule has 0 fully saturated rings. The van der Waals surface area contributed by atoms with Crippen molar-refractivity contribution in [1.82, 2.24) is 10.4 Å². The summed E-state index contributed by atoms with van der Waals surface area (Å²) in [5.74, 6) is -1.31. The average Bonchev–Trinajstić information content (AvgIpc) is 2.25. The number of imide groups is 1. The molecule has 0 aliphatic rings. The summed E-state index contributed by atoms with van der Waals surface area (Å²) in [4.78, 5) is 22.0. The van der Waals surface area contributed by atoms with E-state index in [2.05, 4.69) is 0 Å². The molecule has 92 valence electrons. The molecule has 0 aliphatic heterocycles. The molecule has 0 bridgehead atoms. The Labute approximate surface area is 93.4 Å². The molecular weight excluding hydrogens is 241 g/mol. The highest BCUT2D eigenvalue weighted by molar-refractivity contribution is 6.01. The lowest BCUT2D eigenvalue weighted by Gasteiger charge is -2.19. The van der Waals surface area contributed by atoms with Gasteiger partial charge in [0.25, 0.3) is 5.91 Å². The molecule has 1 aromatic carbocycles. The van der Waals surface area contributed by atoms with Crippen molar-refractivity contribution in [2.75, 3.05) is 0 Å². The van der Waals surface area contributed by atoms with E-state index in [4.69, 9.17) is 5.11 Å². The first kappa shape index (κ1) is 13.0. The zero-order valence-electron chi connectivity index (χ0n) is 8.23. The number of rotatable bonds is 2. The molecule has 1 aromatic rings. The maximum Gasteiger partial charge on any atom is 0.475 e. The minimum atomic E-state index is -5.01. The molecule has 0 aromatic heterocycles. The molecule has 8 heteroatoms. The lowest BCUT2D eigenvalue weighted by atomic mass is 10.2. The smallest absolute Gasteiger partial charge is 0.464 e. The summed E-state index contributed by atoms with van der Waals surface area (Å²) in [5.41, 5.74) is 0.464. The third-order valence-electron chi connectivity index (χ3n) is 1.65. The molecular formula is C9H7F3N2O3. The Kier molecular flexibility index (Phi) is 3.69. The zero-order chi connectivity index (χ0) is 13.1. The van der Waals surface area contributed by atoms with Crippen LogP contribution in [0, 0.1) is 0 Å². The van der Waals surface area contributed by atoms with Gasteiger partial charge in [-0.05, 0) is 12.1 Å². The topological polar surface area (TPSA) is 69.6 Å². The molecule has 1 rings (SSSR count). The number of alkyl halides is 3. The van der Waals surface area contributed by atoms with E-state index in [1.807, 2.05) is 0 Å². The number of halogens is 3. The van der Waals surface area contributed by atoms with Gasteiger partial charge in [-0.1, -0.05) is 18.2 Å². The zero-order valence-corrected chi connectivity index (χ0v) is 8.23. The maximum absolute atomic E-state index is 12.0. The van der Waals surface area contributed by atoms with Gasteiger partial charge in [-0.2, -0.15) is 18.2 Å². The van der Waals surface area contributed by atoms with Crippen LogP contribution in [-0.2, 0) is 0 Å². The molecule has 2 amide bonds. The van der Waals surface area contributed by atoms with E-state index in [9.17, 15) is 22.8 Å². The molecule has 0 saturated heterocycles. The summed E-state index contributed by atoms with van der Waals surface area (Å²) in [6, 6.07) is 6.76.